The molecule has 1 N–H and O–H groups in total. The van der Waals surface area contributed by atoms with Crippen LogP contribution in [0.2, 0.25) is 0 Å². The first kappa shape index (κ1) is 15.6. The van der Waals surface area contributed by atoms with Crippen molar-refractivity contribution in [2.45, 2.75) is 11.7 Å². The summed E-state index contributed by atoms with van der Waals surface area (Å²) >= 11 is 1.33. The SMILES string of the molecule is CN(C)C1=NC(=O)[C@@H](CC(=O)Nc2cccc3ccccc23)S1. The number of anilines is 1. The molecule has 0 bridgehead atoms. The Bertz CT molecular complexity index is 796. The van der Waals surface area contributed by atoms with E-state index in [2.05, 4.69) is 10.3 Å². The van der Waals surface area contributed by atoms with E-state index in [1.165, 1.54) is 11.8 Å². The third kappa shape index (κ3) is 3.37. The number of aliphatic imine (C=N–C) groups is 1. The molecule has 1 atom stereocenters. The fourth-order valence-corrected chi connectivity index (χ4v) is 3.40. The molecule has 0 aliphatic carbocycles. The Hall–Kier alpha value is -2.34. The summed E-state index contributed by atoms with van der Waals surface area (Å²) in [5.74, 6) is -0.422. The fourth-order valence-electron chi connectivity index (χ4n) is 2.41. The van der Waals surface area contributed by atoms with Gasteiger partial charge >= 0.3 is 0 Å². The first-order chi connectivity index (χ1) is 11.0. The van der Waals surface area contributed by atoms with Gasteiger partial charge in [-0.25, -0.2) is 0 Å². The summed E-state index contributed by atoms with van der Waals surface area (Å²) in [7, 11) is 3.66. The summed E-state index contributed by atoms with van der Waals surface area (Å²) < 4.78 is 0. The van der Waals surface area contributed by atoms with Gasteiger partial charge in [0.05, 0.1) is 0 Å². The van der Waals surface area contributed by atoms with E-state index in [1.807, 2.05) is 56.6 Å². The molecular formula is C17H17N3O2S. The number of rotatable bonds is 3. The summed E-state index contributed by atoms with van der Waals surface area (Å²) in [4.78, 5) is 29.9. The average Bonchev–Trinajstić information content (AvgIpc) is 2.89. The number of nitrogens with zero attached hydrogens (tertiary/aromatic N) is 2. The van der Waals surface area contributed by atoms with Crippen molar-refractivity contribution < 1.29 is 9.59 Å². The van der Waals surface area contributed by atoms with E-state index in [4.69, 9.17) is 0 Å². The largest absolute Gasteiger partial charge is 0.357 e. The highest BCUT2D eigenvalue weighted by atomic mass is 32.2. The maximum absolute atomic E-state index is 12.3. The second-order valence-electron chi connectivity index (χ2n) is 5.51. The molecule has 23 heavy (non-hydrogen) atoms. The number of fused-ring (bicyclic) bond motifs is 1. The summed E-state index contributed by atoms with van der Waals surface area (Å²) in [5, 5.41) is 5.17. The van der Waals surface area contributed by atoms with Gasteiger partial charge in [-0.3, -0.25) is 9.59 Å². The van der Waals surface area contributed by atoms with Crippen LogP contribution in [0.3, 0.4) is 0 Å². The van der Waals surface area contributed by atoms with Gasteiger partial charge in [-0.15, -0.1) is 0 Å². The molecule has 2 aromatic rings. The lowest BCUT2D eigenvalue weighted by molar-refractivity contribution is -0.121. The van der Waals surface area contributed by atoms with Gasteiger partial charge in [0.1, 0.15) is 5.25 Å². The summed E-state index contributed by atoms with van der Waals surface area (Å²) in [5.41, 5.74) is 0.761. The number of thioether (sulfide) groups is 1. The van der Waals surface area contributed by atoms with E-state index in [0.717, 1.165) is 16.5 Å². The van der Waals surface area contributed by atoms with Gasteiger partial charge in [0.15, 0.2) is 5.17 Å². The smallest absolute Gasteiger partial charge is 0.262 e. The molecule has 0 saturated heterocycles. The van der Waals surface area contributed by atoms with Crippen molar-refractivity contribution in [3.8, 4) is 0 Å². The van der Waals surface area contributed by atoms with Gasteiger partial charge in [-0.1, -0.05) is 48.2 Å². The van der Waals surface area contributed by atoms with Crippen LogP contribution in [0.15, 0.2) is 47.5 Å². The van der Waals surface area contributed by atoms with Crippen LogP contribution in [0, 0.1) is 0 Å². The van der Waals surface area contributed by atoms with Crippen LogP contribution in [0.4, 0.5) is 5.69 Å². The van der Waals surface area contributed by atoms with Crippen molar-refractivity contribution in [1.29, 1.82) is 0 Å². The van der Waals surface area contributed by atoms with Crippen molar-refractivity contribution >= 4 is 45.2 Å². The van der Waals surface area contributed by atoms with Gasteiger partial charge in [0.2, 0.25) is 5.91 Å². The van der Waals surface area contributed by atoms with E-state index in [1.54, 1.807) is 4.90 Å². The zero-order chi connectivity index (χ0) is 16.4. The minimum Gasteiger partial charge on any atom is -0.357 e. The number of carbonyl (C=O) groups is 2. The lowest BCUT2D eigenvalue weighted by atomic mass is 10.1. The molecular weight excluding hydrogens is 310 g/mol. The van der Waals surface area contributed by atoms with Crippen molar-refractivity contribution in [3.05, 3.63) is 42.5 Å². The van der Waals surface area contributed by atoms with Gasteiger partial charge < -0.3 is 10.2 Å². The molecule has 0 fully saturated rings. The van der Waals surface area contributed by atoms with Crippen molar-refractivity contribution in [1.82, 2.24) is 4.90 Å². The first-order valence-electron chi connectivity index (χ1n) is 7.29. The highest BCUT2D eigenvalue weighted by molar-refractivity contribution is 8.15. The van der Waals surface area contributed by atoms with Gasteiger partial charge in [-0.2, -0.15) is 4.99 Å². The molecule has 0 spiro atoms. The summed E-state index contributed by atoms with van der Waals surface area (Å²) in [6.45, 7) is 0. The molecule has 1 aliphatic rings. The molecule has 6 heteroatoms. The zero-order valence-electron chi connectivity index (χ0n) is 12.9. The summed E-state index contributed by atoms with van der Waals surface area (Å²) in [6.07, 6.45) is 0.119. The minimum atomic E-state index is -0.442. The fraction of sp³-hybridized carbons (Fsp3) is 0.235. The topological polar surface area (TPSA) is 61.8 Å². The first-order valence-corrected chi connectivity index (χ1v) is 8.16. The minimum absolute atomic E-state index is 0.119. The van der Waals surface area contributed by atoms with Crippen molar-refractivity contribution in [3.63, 3.8) is 0 Å². The van der Waals surface area contributed by atoms with Crippen molar-refractivity contribution in [2.75, 3.05) is 19.4 Å². The number of nitrogens with one attached hydrogen (secondary N) is 1. The quantitative estimate of drug-likeness (QED) is 0.941. The average molecular weight is 327 g/mol. The predicted molar refractivity (Wildman–Crippen MR) is 94.7 cm³/mol. The highest BCUT2D eigenvalue weighted by Crippen LogP contribution is 2.27. The molecule has 1 heterocycles. The second kappa shape index (κ2) is 6.42. The van der Waals surface area contributed by atoms with Gasteiger partial charge in [0, 0.05) is 31.6 Å². The van der Waals surface area contributed by atoms with Crippen LogP contribution in [0.5, 0.6) is 0 Å². The number of benzene rings is 2. The van der Waals surface area contributed by atoms with E-state index in [-0.39, 0.29) is 18.2 Å². The molecule has 3 rings (SSSR count). The van der Waals surface area contributed by atoms with E-state index in [0.29, 0.717) is 5.17 Å². The van der Waals surface area contributed by atoms with Crippen LogP contribution in [0.25, 0.3) is 10.8 Å². The molecule has 2 aromatic carbocycles. The molecule has 2 amide bonds. The number of hydrogen-bond donors (Lipinski definition) is 1. The third-order valence-electron chi connectivity index (χ3n) is 3.55. The Kier molecular flexibility index (Phi) is 4.34. The number of amides is 2. The number of amidine groups is 1. The number of hydrogen-bond acceptors (Lipinski definition) is 4. The maximum Gasteiger partial charge on any atom is 0.262 e. The molecule has 0 unspecified atom stereocenters. The van der Waals surface area contributed by atoms with Crippen LogP contribution >= 0.6 is 11.8 Å². The van der Waals surface area contributed by atoms with Gasteiger partial charge in [0.25, 0.3) is 5.91 Å². The third-order valence-corrected chi connectivity index (χ3v) is 4.87. The lowest BCUT2D eigenvalue weighted by Crippen LogP contribution is -2.22. The predicted octanol–water partition coefficient (Wildman–Crippen LogP) is 2.73. The molecule has 1 aliphatic heterocycles. The molecule has 0 aromatic heterocycles. The number of carbonyl (C=O) groups excluding carboxylic acids is 2. The second-order valence-corrected chi connectivity index (χ2v) is 6.68. The molecule has 5 nitrogen and oxygen atoms in total. The zero-order valence-corrected chi connectivity index (χ0v) is 13.8. The Morgan fingerprint density at radius 3 is 2.70 bits per heavy atom. The van der Waals surface area contributed by atoms with Gasteiger partial charge in [-0.05, 0) is 11.5 Å². The molecule has 0 saturated carbocycles. The monoisotopic (exact) mass is 327 g/mol. The van der Waals surface area contributed by atoms with E-state index in [9.17, 15) is 9.59 Å². The van der Waals surface area contributed by atoms with E-state index < -0.39 is 5.25 Å². The summed E-state index contributed by atoms with van der Waals surface area (Å²) in [6, 6.07) is 13.6. The molecule has 0 radical (unpaired) electrons. The Labute approximate surface area is 138 Å². The highest BCUT2D eigenvalue weighted by Gasteiger charge is 2.31. The van der Waals surface area contributed by atoms with Crippen molar-refractivity contribution in [2.24, 2.45) is 4.99 Å². The van der Waals surface area contributed by atoms with Crippen LogP contribution in [-0.4, -0.2) is 41.2 Å². The van der Waals surface area contributed by atoms with Crippen LogP contribution in [-0.2, 0) is 9.59 Å². The Balaban J connectivity index is 1.69. The normalized spacial score (nSPS) is 17.2. The standard InChI is InChI=1S/C17H17N3O2S/c1-20(2)17-19-16(22)14(23-17)10-15(21)18-13-9-5-7-11-6-3-4-8-12(11)13/h3-9,14H,10H2,1-2H3,(H,18,21)/t14-/m1/s1. The van der Waals surface area contributed by atoms with Crippen LogP contribution in [0.1, 0.15) is 6.42 Å². The van der Waals surface area contributed by atoms with E-state index >= 15 is 0 Å². The lowest BCUT2D eigenvalue weighted by Gasteiger charge is -2.12. The molecule has 118 valence electrons. The Morgan fingerprint density at radius 1 is 1.22 bits per heavy atom. The Morgan fingerprint density at radius 2 is 1.96 bits per heavy atom. The van der Waals surface area contributed by atoms with Crippen LogP contribution < -0.4 is 5.32 Å². The maximum atomic E-state index is 12.3.